The topological polar surface area (TPSA) is 63.2 Å². The number of anilines is 1. The number of thiazole rings is 1. The zero-order chi connectivity index (χ0) is 16.0. The number of carbonyl (C=O) groups excluding carboxylic acids is 1. The highest BCUT2D eigenvalue weighted by molar-refractivity contribution is 7.09. The predicted octanol–water partition coefficient (Wildman–Crippen LogP) is 3.78. The number of para-hydroxylation sites is 1. The van der Waals surface area contributed by atoms with Crippen LogP contribution >= 0.6 is 11.3 Å². The van der Waals surface area contributed by atoms with Crippen molar-refractivity contribution >= 4 is 23.1 Å². The summed E-state index contributed by atoms with van der Waals surface area (Å²) in [6.45, 7) is 6.61. The highest BCUT2D eigenvalue weighted by atomic mass is 32.1. The molecule has 0 aliphatic heterocycles. The second-order valence-corrected chi connectivity index (χ2v) is 6.77. The first-order valence-electron chi connectivity index (χ1n) is 7.11. The minimum atomic E-state index is -0.493. The van der Waals surface area contributed by atoms with E-state index in [0.717, 1.165) is 16.3 Å². The van der Waals surface area contributed by atoms with Gasteiger partial charge >= 0.3 is 6.09 Å². The van der Waals surface area contributed by atoms with E-state index in [4.69, 9.17) is 4.74 Å². The molecule has 0 saturated heterocycles. The third kappa shape index (κ3) is 5.37. The van der Waals surface area contributed by atoms with Crippen molar-refractivity contribution in [3.63, 3.8) is 0 Å². The van der Waals surface area contributed by atoms with Crippen LogP contribution in [0.4, 0.5) is 10.5 Å². The number of carbonyl (C=O) groups is 1. The van der Waals surface area contributed by atoms with E-state index in [2.05, 4.69) is 15.6 Å². The smallest absolute Gasteiger partial charge is 0.407 e. The van der Waals surface area contributed by atoms with Crippen LogP contribution in [0.3, 0.4) is 0 Å². The lowest BCUT2D eigenvalue weighted by Gasteiger charge is -2.20. The van der Waals surface area contributed by atoms with Gasteiger partial charge in [-0.3, -0.25) is 0 Å². The Morgan fingerprint density at radius 1 is 1.27 bits per heavy atom. The Balaban J connectivity index is 1.92. The summed E-state index contributed by atoms with van der Waals surface area (Å²) < 4.78 is 5.24. The molecule has 1 heterocycles. The summed E-state index contributed by atoms with van der Waals surface area (Å²) in [5, 5.41) is 9.09. The Hall–Kier alpha value is -2.08. The summed E-state index contributed by atoms with van der Waals surface area (Å²) in [5.74, 6) is 0. The highest BCUT2D eigenvalue weighted by Gasteiger charge is 2.16. The Labute approximate surface area is 134 Å². The molecule has 1 aromatic heterocycles. The van der Waals surface area contributed by atoms with Crippen LogP contribution in [0.15, 0.2) is 35.8 Å². The largest absolute Gasteiger partial charge is 0.444 e. The first-order valence-corrected chi connectivity index (χ1v) is 7.99. The number of aromatic nitrogens is 1. The number of ether oxygens (including phenoxy) is 1. The Bertz CT molecular complexity index is 606. The van der Waals surface area contributed by atoms with Crippen LogP contribution in [0.2, 0.25) is 0 Å². The summed E-state index contributed by atoms with van der Waals surface area (Å²) >= 11 is 1.61. The highest BCUT2D eigenvalue weighted by Crippen LogP contribution is 2.17. The van der Waals surface area contributed by atoms with Crippen molar-refractivity contribution < 1.29 is 9.53 Å². The minimum absolute atomic E-state index is 0.413. The van der Waals surface area contributed by atoms with Crippen molar-refractivity contribution in [2.24, 2.45) is 0 Å². The Morgan fingerprint density at radius 2 is 2.05 bits per heavy atom. The second-order valence-electron chi connectivity index (χ2n) is 5.79. The molecule has 0 saturated carbocycles. The molecule has 2 N–H and O–H groups in total. The van der Waals surface area contributed by atoms with Crippen LogP contribution in [-0.2, 0) is 17.8 Å². The van der Waals surface area contributed by atoms with Gasteiger partial charge in [0, 0.05) is 23.8 Å². The Morgan fingerprint density at radius 3 is 2.73 bits per heavy atom. The average molecular weight is 319 g/mol. The molecule has 0 spiro atoms. The molecule has 0 fully saturated rings. The van der Waals surface area contributed by atoms with Gasteiger partial charge in [0.2, 0.25) is 0 Å². The summed E-state index contributed by atoms with van der Waals surface area (Å²) in [4.78, 5) is 16.0. The molecule has 2 aromatic rings. The number of benzene rings is 1. The van der Waals surface area contributed by atoms with Crippen molar-refractivity contribution in [1.29, 1.82) is 0 Å². The van der Waals surface area contributed by atoms with E-state index in [1.54, 1.807) is 17.5 Å². The molecular weight excluding hydrogens is 298 g/mol. The zero-order valence-electron chi connectivity index (χ0n) is 13.1. The van der Waals surface area contributed by atoms with E-state index < -0.39 is 11.7 Å². The second kappa shape index (κ2) is 7.26. The molecule has 0 aliphatic carbocycles. The van der Waals surface area contributed by atoms with Crippen molar-refractivity contribution in [2.75, 3.05) is 5.32 Å². The van der Waals surface area contributed by atoms with E-state index >= 15 is 0 Å². The van der Waals surface area contributed by atoms with Crippen LogP contribution in [0, 0.1) is 0 Å². The fraction of sp³-hybridized carbons (Fsp3) is 0.375. The molecule has 2 rings (SSSR count). The van der Waals surface area contributed by atoms with Gasteiger partial charge in [0.05, 0.1) is 6.54 Å². The van der Waals surface area contributed by atoms with Gasteiger partial charge in [-0.25, -0.2) is 9.78 Å². The minimum Gasteiger partial charge on any atom is -0.444 e. The van der Waals surface area contributed by atoms with E-state index in [9.17, 15) is 4.79 Å². The van der Waals surface area contributed by atoms with Crippen molar-refractivity contribution in [3.8, 4) is 0 Å². The molecule has 118 valence electrons. The maximum atomic E-state index is 11.7. The SMILES string of the molecule is CC(C)(C)OC(=O)NCc1ccccc1NCc1nccs1. The first kappa shape index (κ1) is 16.3. The van der Waals surface area contributed by atoms with Crippen LogP contribution in [0.25, 0.3) is 0 Å². The van der Waals surface area contributed by atoms with Gasteiger partial charge in [0.25, 0.3) is 0 Å². The Kier molecular flexibility index (Phi) is 5.38. The summed E-state index contributed by atoms with van der Waals surface area (Å²) in [7, 11) is 0. The number of hydrogen-bond acceptors (Lipinski definition) is 5. The molecule has 22 heavy (non-hydrogen) atoms. The number of amides is 1. The third-order valence-electron chi connectivity index (χ3n) is 2.75. The molecule has 1 amide bonds. The van der Waals surface area contributed by atoms with Gasteiger partial charge in [-0.15, -0.1) is 11.3 Å². The molecule has 0 atom stereocenters. The normalized spacial score (nSPS) is 11.0. The van der Waals surface area contributed by atoms with E-state index in [0.29, 0.717) is 13.1 Å². The number of hydrogen-bond donors (Lipinski definition) is 2. The van der Waals surface area contributed by atoms with Gasteiger partial charge in [-0.2, -0.15) is 0 Å². The van der Waals surface area contributed by atoms with Gasteiger partial charge in [0.1, 0.15) is 10.6 Å². The third-order valence-corrected chi connectivity index (χ3v) is 3.53. The van der Waals surface area contributed by atoms with Crippen LogP contribution in [0.1, 0.15) is 31.3 Å². The number of rotatable bonds is 5. The average Bonchev–Trinajstić information content (AvgIpc) is 2.95. The van der Waals surface area contributed by atoms with Gasteiger partial charge in [-0.05, 0) is 32.4 Å². The van der Waals surface area contributed by atoms with E-state index in [-0.39, 0.29) is 0 Å². The molecular formula is C16H21N3O2S. The van der Waals surface area contributed by atoms with Crippen molar-refractivity contribution in [2.45, 2.75) is 39.5 Å². The lowest BCUT2D eigenvalue weighted by atomic mass is 10.1. The molecule has 0 unspecified atom stereocenters. The van der Waals surface area contributed by atoms with Gasteiger partial charge < -0.3 is 15.4 Å². The van der Waals surface area contributed by atoms with Gasteiger partial charge in [-0.1, -0.05) is 18.2 Å². The lowest BCUT2D eigenvalue weighted by Crippen LogP contribution is -2.32. The molecule has 5 nitrogen and oxygen atoms in total. The molecule has 0 bridgehead atoms. The predicted molar refractivity (Wildman–Crippen MR) is 89.0 cm³/mol. The summed E-state index contributed by atoms with van der Waals surface area (Å²) in [6.07, 6.45) is 1.37. The maximum Gasteiger partial charge on any atom is 0.407 e. The maximum absolute atomic E-state index is 11.7. The molecule has 0 radical (unpaired) electrons. The summed E-state index contributed by atoms with van der Waals surface area (Å²) in [6, 6.07) is 7.86. The molecule has 6 heteroatoms. The molecule has 0 aliphatic rings. The lowest BCUT2D eigenvalue weighted by molar-refractivity contribution is 0.0523. The standard InChI is InChI=1S/C16H21N3O2S/c1-16(2,3)21-15(20)19-10-12-6-4-5-7-13(12)18-11-14-17-8-9-22-14/h4-9,18H,10-11H2,1-3H3,(H,19,20). The van der Waals surface area contributed by atoms with Crippen molar-refractivity contribution in [3.05, 3.63) is 46.4 Å². The number of nitrogens with zero attached hydrogens (tertiary/aromatic N) is 1. The fourth-order valence-corrected chi connectivity index (χ4v) is 2.40. The number of nitrogens with one attached hydrogen (secondary N) is 2. The monoisotopic (exact) mass is 319 g/mol. The first-order chi connectivity index (χ1) is 10.4. The quantitative estimate of drug-likeness (QED) is 0.880. The molecule has 1 aromatic carbocycles. The van der Waals surface area contributed by atoms with Gasteiger partial charge in [0.15, 0.2) is 0 Å². The van der Waals surface area contributed by atoms with E-state index in [1.165, 1.54) is 0 Å². The van der Waals surface area contributed by atoms with Crippen LogP contribution < -0.4 is 10.6 Å². The summed E-state index contributed by atoms with van der Waals surface area (Å²) in [5.41, 5.74) is 1.49. The van der Waals surface area contributed by atoms with E-state index in [1.807, 2.05) is 50.4 Å². The van der Waals surface area contributed by atoms with Crippen LogP contribution in [0.5, 0.6) is 0 Å². The zero-order valence-corrected chi connectivity index (χ0v) is 13.9. The van der Waals surface area contributed by atoms with Crippen molar-refractivity contribution in [1.82, 2.24) is 10.3 Å². The fourth-order valence-electron chi connectivity index (χ4n) is 1.84. The van der Waals surface area contributed by atoms with Crippen LogP contribution in [-0.4, -0.2) is 16.7 Å². The number of alkyl carbamates (subject to hydrolysis) is 1.